The molecule has 1 fully saturated rings. The Morgan fingerprint density at radius 1 is 1.23 bits per heavy atom. The van der Waals surface area contributed by atoms with Crippen molar-refractivity contribution in [3.05, 3.63) is 41.5 Å². The first-order chi connectivity index (χ1) is 12.6. The molecule has 0 bridgehead atoms. The summed E-state index contributed by atoms with van der Waals surface area (Å²) in [7, 11) is 0. The molecule has 0 radical (unpaired) electrons. The van der Waals surface area contributed by atoms with E-state index < -0.39 is 0 Å². The number of nitrogens with one attached hydrogen (secondary N) is 2. The van der Waals surface area contributed by atoms with Crippen LogP contribution in [0.4, 0.5) is 5.69 Å². The van der Waals surface area contributed by atoms with E-state index >= 15 is 0 Å². The van der Waals surface area contributed by atoms with Crippen molar-refractivity contribution in [1.29, 1.82) is 0 Å². The summed E-state index contributed by atoms with van der Waals surface area (Å²) in [6.45, 7) is 9.12. The number of anilines is 1. The molecule has 2 aliphatic rings. The van der Waals surface area contributed by atoms with Crippen molar-refractivity contribution in [2.75, 3.05) is 37.6 Å². The molecule has 0 saturated carbocycles. The van der Waals surface area contributed by atoms with Crippen LogP contribution in [0.15, 0.2) is 35.9 Å². The highest BCUT2D eigenvalue weighted by Gasteiger charge is 2.29. The van der Waals surface area contributed by atoms with Crippen LogP contribution in [0.1, 0.15) is 44.6 Å². The van der Waals surface area contributed by atoms with Gasteiger partial charge in [0.25, 0.3) is 5.91 Å². The van der Waals surface area contributed by atoms with Crippen LogP contribution in [0.2, 0.25) is 0 Å². The molecule has 142 valence electrons. The molecule has 0 aromatic heterocycles. The van der Waals surface area contributed by atoms with Gasteiger partial charge in [-0.2, -0.15) is 0 Å². The third kappa shape index (κ3) is 4.88. The predicted molar refractivity (Wildman–Crippen MR) is 108 cm³/mol. The van der Waals surface area contributed by atoms with Crippen molar-refractivity contribution >= 4 is 11.6 Å². The third-order valence-corrected chi connectivity index (χ3v) is 6.00. The number of piperazine rings is 1. The van der Waals surface area contributed by atoms with Gasteiger partial charge in [0, 0.05) is 12.2 Å². The zero-order chi connectivity index (χ0) is 18.4. The maximum Gasteiger partial charge on any atom is 0.278 e. The standard InChI is InChI=1S/C22H33N3O/c1-18-8-6-7-11-21(18)25-16-14-24(15-17-25)19(2)22(26)23-13-12-20-9-4-3-5-10-20/h6-9,11,19H,3-5,10,12-17H2,1-2H3,(H,23,26)/p+1/t19-/m1/s1. The van der Waals surface area contributed by atoms with Gasteiger partial charge < -0.3 is 15.1 Å². The summed E-state index contributed by atoms with van der Waals surface area (Å²) in [6.07, 6.45) is 8.47. The van der Waals surface area contributed by atoms with Gasteiger partial charge in [-0.25, -0.2) is 0 Å². The fourth-order valence-electron chi connectivity index (χ4n) is 4.20. The first kappa shape index (κ1) is 19.0. The van der Waals surface area contributed by atoms with Gasteiger partial charge in [0.15, 0.2) is 6.04 Å². The molecule has 4 heteroatoms. The molecule has 1 atom stereocenters. The summed E-state index contributed by atoms with van der Waals surface area (Å²) < 4.78 is 0. The van der Waals surface area contributed by atoms with E-state index in [1.807, 2.05) is 0 Å². The van der Waals surface area contributed by atoms with Gasteiger partial charge in [-0.3, -0.25) is 4.79 Å². The molecule has 0 unspecified atom stereocenters. The minimum atomic E-state index is 0.0364. The van der Waals surface area contributed by atoms with E-state index in [1.165, 1.54) is 47.4 Å². The molecule has 1 saturated heterocycles. The average molecular weight is 357 g/mol. The smallest absolute Gasteiger partial charge is 0.278 e. The summed E-state index contributed by atoms with van der Waals surface area (Å²) in [4.78, 5) is 16.4. The molecule has 1 aromatic carbocycles. The maximum absolute atomic E-state index is 12.5. The SMILES string of the molecule is Cc1ccccc1N1CC[NH+]([C@H](C)C(=O)NCCC2=CCCCC2)CC1. The van der Waals surface area contributed by atoms with Gasteiger partial charge in [-0.15, -0.1) is 0 Å². The number of hydrogen-bond donors (Lipinski definition) is 2. The number of benzene rings is 1. The number of nitrogens with zero attached hydrogens (tertiary/aromatic N) is 1. The molecule has 26 heavy (non-hydrogen) atoms. The summed E-state index contributed by atoms with van der Waals surface area (Å²) in [6, 6.07) is 8.62. The van der Waals surface area contributed by atoms with Gasteiger partial charge in [-0.1, -0.05) is 29.8 Å². The highest BCUT2D eigenvalue weighted by Crippen LogP contribution is 2.20. The Hall–Kier alpha value is -1.81. The second-order valence-electron chi connectivity index (χ2n) is 7.80. The lowest BCUT2D eigenvalue weighted by molar-refractivity contribution is -0.914. The van der Waals surface area contributed by atoms with Crippen LogP contribution in [0, 0.1) is 6.92 Å². The normalized spacial score (nSPS) is 19.8. The topological polar surface area (TPSA) is 36.8 Å². The highest BCUT2D eigenvalue weighted by molar-refractivity contribution is 5.79. The lowest BCUT2D eigenvalue weighted by Gasteiger charge is -2.36. The largest absolute Gasteiger partial charge is 0.360 e. The Bertz CT molecular complexity index is 632. The molecule has 4 nitrogen and oxygen atoms in total. The van der Waals surface area contributed by atoms with Crippen molar-refractivity contribution in [1.82, 2.24) is 5.32 Å². The van der Waals surface area contributed by atoms with Gasteiger partial charge in [0.1, 0.15) is 0 Å². The average Bonchev–Trinajstić information content (AvgIpc) is 2.69. The molecule has 1 aliphatic heterocycles. The van der Waals surface area contributed by atoms with E-state index in [1.54, 1.807) is 0 Å². The van der Waals surface area contributed by atoms with Gasteiger partial charge in [-0.05, 0) is 57.6 Å². The Morgan fingerprint density at radius 2 is 2.00 bits per heavy atom. The molecule has 1 amide bonds. The van der Waals surface area contributed by atoms with Crippen LogP contribution in [-0.4, -0.2) is 44.7 Å². The lowest BCUT2D eigenvalue weighted by atomic mass is 9.97. The van der Waals surface area contributed by atoms with Crippen molar-refractivity contribution < 1.29 is 9.69 Å². The molecular formula is C22H34N3O+. The minimum absolute atomic E-state index is 0.0364. The molecule has 0 spiro atoms. The first-order valence-corrected chi connectivity index (χ1v) is 10.3. The first-order valence-electron chi connectivity index (χ1n) is 10.3. The summed E-state index contributed by atoms with van der Waals surface area (Å²) >= 11 is 0. The predicted octanol–water partition coefficient (Wildman–Crippen LogP) is 2.10. The second-order valence-corrected chi connectivity index (χ2v) is 7.80. The monoisotopic (exact) mass is 356 g/mol. The number of amides is 1. The summed E-state index contributed by atoms with van der Waals surface area (Å²) in [5.41, 5.74) is 4.20. The van der Waals surface area contributed by atoms with E-state index in [4.69, 9.17) is 0 Å². The molecular weight excluding hydrogens is 322 g/mol. The highest BCUT2D eigenvalue weighted by atomic mass is 16.2. The number of aryl methyl sites for hydroxylation is 1. The van der Waals surface area contributed by atoms with E-state index in [2.05, 4.69) is 54.4 Å². The Labute approximate surface area is 158 Å². The Morgan fingerprint density at radius 3 is 2.69 bits per heavy atom. The van der Waals surface area contributed by atoms with E-state index in [-0.39, 0.29) is 11.9 Å². The zero-order valence-electron chi connectivity index (χ0n) is 16.4. The van der Waals surface area contributed by atoms with Crippen LogP contribution in [-0.2, 0) is 4.79 Å². The number of rotatable bonds is 6. The van der Waals surface area contributed by atoms with Gasteiger partial charge in [0.05, 0.1) is 26.2 Å². The third-order valence-electron chi connectivity index (χ3n) is 6.00. The fraction of sp³-hybridized carbons (Fsp3) is 0.591. The van der Waals surface area contributed by atoms with Crippen LogP contribution in [0.5, 0.6) is 0 Å². The summed E-state index contributed by atoms with van der Waals surface area (Å²) in [5, 5.41) is 3.16. The summed E-state index contributed by atoms with van der Waals surface area (Å²) in [5.74, 6) is 0.209. The van der Waals surface area contributed by atoms with E-state index in [9.17, 15) is 4.79 Å². The van der Waals surface area contributed by atoms with Crippen molar-refractivity contribution in [2.24, 2.45) is 0 Å². The number of para-hydroxylation sites is 1. The quantitative estimate of drug-likeness (QED) is 0.766. The van der Waals surface area contributed by atoms with Gasteiger partial charge >= 0.3 is 0 Å². The number of carbonyl (C=O) groups is 1. The number of quaternary nitrogens is 1. The molecule has 1 aromatic rings. The van der Waals surface area contributed by atoms with Crippen LogP contribution in [0.25, 0.3) is 0 Å². The molecule has 2 N–H and O–H groups in total. The number of allylic oxidation sites excluding steroid dienone is 1. The lowest BCUT2D eigenvalue weighted by Crippen LogP contribution is -3.19. The maximum atomic E-state index is 12.5. The second kappa shape index (κ2) is 9.22. The Kier molecular flexibility index (Phi) is 6.73. The molecule has 1 aliphatic carbocycles. The van der Waals surface area contributed by atoms with E-state index in [0.717, 1.165) is 39.1 Å². The van der Waals surface area contributed by atoms with Crippen LogP contribution >= 0.6 is 0 Å². The zero-order valence-corrected chi connectivity index (χ0v) is 16.4. The Balaban J connectivity index is 1.42. The van der Waals surface area contributed by atoms with Crippen molar-refractivity contribution in [3.63, 3.8) is 0 Å². The number of hydrogen-bond acceptors (Lipinski definition) is 2. The van der Waals surface area contributed by atoms with Crippen LogP contribution < -0.4 is 15.1 Å². The van der Waals surface area contributed by atoms with Gasteiger partial charge in [0.2, 0.25) is 0 Å². The van der Waals surface area contributed by atoms with E-state index in [0.29, 0.717) is 0 Å². The fourth-order valence-corrected chi connectivity index (χ4v) is 4.20. The van der Waals surface area contributed by atoms with Crippen molar-refractivity contribution in [2.45, 2.75) is 52.0 Å². The molecule has 1 heterocycles. The number of carbonyl (C=O) groups excluding carboxylic acids is 1. The molecule has 3 rings (SSSR count). The van der Waals surface area contributed by atoms with Crippen molar-refractivity contribution in [3.8, 4) is 0 Å². The van der Waals surface area contributed by atoms with Crippen LogP contribution in [0.3, 0.4) is 0 Å². The minimum Gasteiger partial charge on any atom is -0.360 e.